The van der Waals surface area contributed by atoms with Crippen molar-refractivity contribution in [3.8, 4) is 0 Å². The van der Waals surface area contributed by atoms with E-state index in [9.17, 15) is 0 Å². The minimum atomic E-state index is -2.98. The molecule has 0 N–H and O–H groups in total. The van der Waals surface area contributed by atoms with E-state index >= 15 is 0 Å². The molecule has 52 heavy (non-hydrogen) atoms. The first-order valence-electron chi connectivity index (χ1n) is 18.8. The molecule has 1 aliphatic carbocycles. The third kappa shape index (κ3) is 8.83. The summed E-state index contributed by atoms with van der Waals surface area (Å²) >= 11 is 2.59. The molecule has 1 atom stereocenters. The summed E-state index contributed by atoms with van der Waals surface area (Å²) in [4.78, 5) is 0. The first-order chi connectivity index (χ1) is 23.1. The average Bonchev–Trinajstić information content (AvgIpc) is 3.47. The molecule has 0 aliphatic heterocycles. The summed E-state index contributed by atoms with van der Waals surface area (Å²) in [7, 11) is -2.98. The number of halogens is 3. The quantitative estimate of drug-likeness (QED) is 0.162. The molecule has 1 aliphatic rings. The van der Waals surface area contributed by atoms with E-state index in [0.29, 0.717) is 35.5 Å². The Morgan fingerprint density at radius 3 is 1.00 bits per heavy atom. The molecule has 5 rings (SSSR count). The Bertz CT molecular complexity index is 1620. The summed E-state index contributed by atoms with van der Waals surface area (Å²) < 4.78 is -0.258. The van der Waals surface area contributed by atoms with Gasteiger partial charge in [0, 0.05) is 0 Å². The van der Waals surface area contributed by atoms with Crippen molar-refractivity contribution in [1.82, 2.24) is 0 Å². The fourth-order valence-corrected chi connectivity index (χ4v) is 15.8. The standard InChI is InChI=1S/C47H59Si.3ClH.Ti/c1-30(2)37-21-38(31(3)4)25-43(24-37)48(44-26-39(32(5)6)22-40(27-44)33(7)8,45-28-41(34(9)10)23-42(29-45)35(11)12)47-20-16-19-46(47)36-17-14-13-15-18-36;;;;/h13-35H,1-12H3;3*1H;/q;;;;+3/p-3. The SMILES string of the molecule is CC(C)c1cc(C(C)C)cc([Si](c2cc(C(C)C)cc(C(C)C)c2)(c2cc(C(C)C)cc(C(C)C)c2)[C]2([Ti+3])C=CC=C2c2ccccc2)c1.[Cl-].[Cl-].[Cl-]. The van der Waals surface area contributed by atoms with Crippen molar-refractivity contribution < 1.29 is 57.7 Å². The van der Waals surface area contributed by atoms with Crippen LogP contribution < -0.4 is 52.8 Å². The Morgan fingerprint density at radius 2 is 0.731 bits per heavy atom. The number of hydrogen-bond donors (Lipinski definition) is 0. The van der Waals surface area contributed by atoms with E-state index in [1.807, 2.05) is 0 Å². The van der Waals surface area contributed by atoms with Crippen LogP contribution in [0.5, 0.6) is 0 Å². The van der Waals surface area contributed by atoms with Crippen molar-refractivity contribution in [2.24, 2.45) is 0 Å². The zero-order chi connectivity index (χ0) is 35.8. The van der Waals surface area contributed by atoms with Crippen LogP contribution in [0.4, 0.5) is 0 Å². The zero-order valence-corrected chi connectivity index (χ0v) is 38.2. The molecule has 0 nitrogen and oxygen atoms in total. The minimum absolute atomic E-state index is 0. The predicted molar refractivity (Wildman–Crippen MR) is 215 cm³/mol. The smallest absolute Gasteiger partial charge is 1.00 e. The van der Waals surface area contributed by atoms with E-state index in [0.717, 1.165) is 0 Å². The van der Waals surface area contributed by atoms with Gasteiger partial charge in [-0.15, -0.1) is 0 Å². The van der Waals surface area contributed by atoms with Gasteiger partial charge in [-0.3, -0.25) is 0 Å². The van der Waals surface area contributed by atoms with Crippen LogP contribution >= 0.6 is 0 Å². The molecular formula is C47H59Cl3SiTi. The van der Waals surface area contributed by atoms with Gasteiger partial charge in [-0.25, -0.2) is 0 Å². The molecule has 5 heteroatoms. The summed E-state index contributed by atoms with van der Waals surface area (Å²) in [6.45, 7) is 28.4. The van der Waals surface area contributed by atoms with E-state index in [2.05, 4.69) is 207 Å². The van der Waals surface area contributed by atoms with Crippen LogP contribution in [0.25, 0.3) is 5.57 Å². The van der Waals surface area contributed by atoms with E-state index in [-0.39, 0.29) is 40.6 Å². The molecule has 4 aromatic rings. The number of benzene rings is 4. The molecule has 0 amide bonds. The monoisotopic (exact) mass is 804 g/mol. The molecule has 0 aromatic heterocycles. The van der Waals surface area contributed by atoms with Crippen LogP contribution in [0, 0.1) is 0 Å². The van der Waals surface area contributed by atoms with Crippen molar-refractivity contribution in [3.05, 3.63) is 142 Å². The fourth-order valence-electron chi connectivity index (χ4n) is 7.64. The molecular weight excluding hydrogens is 747 g/mol. The molecule has 0 radical (unpaired) electrons. The second-order valence-corrected chi connectivity index (χ2v) is 22.5. The van der Waals surface area contributed by atoms with Gasteiger partial charge in [0.2, 0.25) is 0 Å². The first kappa shape index (κ1) is 46.3. The third-order valence-electron chi connectivity index (χ3n) is 10.9. The van der Waals surface area contributed by atoms with Crippen LogP contribution in [0.3, 0.4) is 0 Å². The minimum Gasteiger partial charge on any atom is -1.00 e. The maximum Gasteiger partial charge on any atom is -1.00 e. The molecule has 0 saturated carbocycles. The molecule has 0 heterocycles. The predicted octanol–water partition coefficient (Wildman–Crippen LogP) is 2.81. The van der Waals surface area contributed by atoms with E-state index in [4.69, 9.17) is 0 Å². The Kier molecular flexibility index (Phi) is 16.6. The van der Waals surface area contributed by atoms with Gasteiger partial charge in [0.15, 0.2) is 0 Å². The van der Waals surface area contributed by atoms with Gasteiger partial charge in [0.25, 0.3) is 0 Å². The van der Waals surface area contributed by atoms with Gasteiger partial charge in [-0.1, -0.05) is 0 Å². The number of hydrogen-bond acceptors (Lipinski definition) is 0. The Balaban J connectivity index is 0.00000312. The summed E-state index contributed by atoms with van der Waals surface area (Å²) in [6, 6.07) is 34.5. The Hall–Kier alpha value is -1.84. The van der Waals surface area contributed by atoms with Crippen molar-refractivity contribution in [3.63, 3.8) is 0 Å². The number of rotatable bonds is 11. The number of allylic oxidation sites excluding steroid dienone is 4. The summed E-state index contributed by atoms with van der Waals surface area (Å²) in [5, 5.41) is 4.60. The van der Waals surface area contributed by atoms with Crippen molar-refractivity contribution in [2.75, 3.05) is 0 Å². The third-order valence-corrected chi connectivity index (χ3v) is 18.5. The molecule has 0 saturated heterocycles. The van der Waals surface area contributed by atoms with Crippen LogP contribution in [0.1, 0.15) is 158 Å². The topological polar surface area (TPSA) is 0 Å². The molecule has 276 valence electrons. The van der Waals surface area contributed by atoms with Gasteiger partial charge in [-0.2, -0.15) is 0 Å². The second kappa shape index (κ2) is 18.7. The Labute approximate surface area is 348 Å². The van der Waals surface area contributed by atoms with Crippen LogP contribution in [0.2, 0.25) is 3.34 Å². The van der Waals surface area contributed by atoms with Gasteiger partial charge >= 0.3 is 314 Å². The largest absolute Gasteiger partial charge is 1.00 e. The van der Waals surface area contributed by atoms with Gasteiger partial charge in [-0.05, 0) is 0 Å². The summed E-state index contributed by atoms with van der Waals surface area (Å²) in [5.74, 6) is 2.59. The van der Waals surface area contributed by atoms with Crippen molar-refractivity contribution in [1.29, 1.82) is 0 Å². The Morgan fingerprint density at radius 1 is 0.442 bits per heavy atom. The van der Waals surface area contributed by atoms with Gasteiger partial charge < -0.3 is 37.2 Å². The zero-order valence-electron chi connectivity index (χ0n) is 33.4. The van der Waals surface area contributed by atoms with Crippen LogP contribution in [-0.2, 0) is 20.4 Å². The average molecular weight is 806 g/mol. The van der Waals surface area contributed by atoms with E-state index < -0.39 is 8.07 Å². The molecule has 4 aromatic carbocycles. The summed E-state index contributed by atoms with van der Waals surface area (Å²) in [6.07, 6.45) is 7.38. The summed E-state index contributed by atoms with van der Waals surface area (Å²) in [5.41, 5.74) is 11.4. The second-order valence-electron chi connectivity index (χ2n) is 16.5. The maximum atomic E-state index is 2.64. The van der Waals surface area contributed by atoms with Gasteiger partial charge in [0.05, 0.1) is 0 Å². The van der Waals surface area contributed by atoms with Crippen molar-refractivity contribution in [2.45, 2.75) is 122 Å². The first-order valence-corrected chi connectivity index (χ1v) is 21.5. The van der Waals surface area contributed by atoms with Crippen molar-refractivity contribution >= 4 is 29.2 Å². The molecule has 0 bridgehead atoms. The maximum absolute atomic E-state index is 2.98. The fraction of sp³-hybridized carbons (Fsp3) is 0.404. The van der Waals surface area contributed by atoms with Gasteiger partial charge in [0.1, 0.15) is 0 Å². The van der Waals surface area contributed by atoms with E-state index in [1.165, 1.54) is 60.1 Å². The molecule has 1 unspecified atom stereocenters. The molecule has 0 spiro atoms. The normalized spacial score (nSPS) is 15.7. The molecule has 0 fully saturated rings. The van der Waals surface area contributed by atoms with E-state index in [1.54, 1.807) is 0 Å². The van der Waals surface area contributed by atoms with Crippen LogP contribution in [0.15, 0.2) is 103 Å². The van der Waals surface area contributed by atoms with Crippen LogP contribution in [-0.4, -0.2) is 8.07 Å².